The highest BCUT2D eigenvalue weighted by Gasteiger charge is 2.31. The molecule has 1 aromatic heterocycles. The highest BCUT2D eigenvalue weighted by Crippen LogP contribution is 2.33. The maximum absolute atomic E-state index is 13.2. The lowest BCUT2D eigenvalue weighted by Gasteiger charge is -2.23. The topological polar surface area (TPSA) is 80.1 Å². The van der Waals surface area contributed by atoms with Crippen LogP contribution in [0.2, 0.25) is 0 Å². The zero-order valence-corrected chi connectivity index (χ0v) is 17.0. The Kier molecular flexibility index (Phi) is 5.35. The van der Waals surface area contributed by atoms with Gasteiger partial charge in [0.25, 0.3) is 5.91 Å². The van der Waals surface area contributed by atoms with Crippen molar-refractivity contribution in [3.8, 4) is 0 Å². The summed E-state index contributed by atoms with van der Waals surface area (Å²) in [4.78, 5) is 27.3. The molecule has 1 aliphatic rings. The number of hydrogen-bond acceptors (Lipinski definition) is 5. The summed E-state index contributed by atoms with van der Waals surface area (Å²) in [5.74, 6) is -0.0178. The Morgan fingerprint density at radius 3 is 2.83 bits per heavy atom. The number of fused-ring (bicyclic) bond motifs is 1. The van der Waals surface area contributed by atoms with Crippen LogP contribution in [0.5, 0.6) is 0 Å². The molecule has 29 heavy (non-hydrogen) atoms. The second kappa shape index (κ2) is 8.08. The molecule has 0 aliphatic carbocycles. The fraction of sp³-hybridized carbons (Fsp3) is 0.238. The van der Waals surface area contributed by atoms with Crippen molar-refractivity contribution in [3.05, 3.63) is 66.0 Å². The van der Waals surface area contributed by atoms with Crippen LogP contribution in [0, 0.1) is 0 Å². The first-order chi connectivity index (χ1) is 14.0. The van der Waals surface area contributed by atoms with Crippen LogP contribution in [-0.4, -0.2) is 38.4 Å². The number of carbonyl (C=O) groups excluding carboxylic acids is 2. The first-order valence-corrected chi connectivity index (χ1v) is 10.3. The van der Waals surface area contributed by atoms with E-state index in [2.05, 4.69) is 21.6 Å². The van der Waals surface area contributed by atoms with Gasteiger partial charge in [0, 0.05) is 30.0 Å². The van der Waals surface area contributed by atoms with Crippen LogP contribution in [0.4, 0.5) is 11.4 Å². The average Bonchev–Trinajstić information content (AvgIpc) is 3.27. The van der Waals surface area contributed by atoms with Gasteiger partial charge in [0.05, 0.1) is 5.75 Å². The monoisotopic (exact) mass is 407 g/mol. The van der Waals surface area contributed by atoms with E-state index in [0.29, 0.717) is 16.4 Å². The van der Waals surface area contributed by atoms with Crippen molar-refractivity contribution in [2.24, 2.45) is 7.05 Å². The molecule has 1 aliphatic heterocycles. The first kappa shape index (κ1) is 19.2. The van der Waals surface area contributed by atoms with Gasteiger partial charge in [-0.1, -0.05) is 36.0 Å². The van der Waals surface area contributed by atoms with Crippen LogP contribution < -0.4 is 10.2 Å². The molecular formula is C21H21N5O2S. The molecule has 1 N–H and O–H groups in total. The van der Waals surface area contributed by atoms with Crippen molar-refractivity contribution in [2.75, 3.05) is 16.0 Å². The van der Waals surface area contributed by atoms with Crippen molar-refractivity contribution in [1.29, 1.82) is 0 Å². The van der Waals surface area contributed by atoms with Crippen LogP contribution in [0.15, 0.2) is 60.0 Å². The van der Waals surface area contributed by atoms with Crippen LogP contribution in [0.3, 0.4) is 0 Å². The fourth-order valence-electron chi connectivity index (χ4n) is 3.47. The zero-order valence-electron chi connectivity index (χ0n) is 16.2. The minimum absolute atomic E-state index is 0.0630. The van der Waals surface area contributed by atoms with Crippen LogP contribution in [0.1, 0.15) is 22.8 Å². The lowest BCUT2D eigenvalue weighted by Crippen LogP contribution is -2.35. The van der Waals surface area contributed by atoms with Crippen molar-refractivity contribution in [3.63, 3.8) is 0 Å². The minimum Gasteiger partial charge on any atom is -0.325 e. The summed E-state index contributed by atoms with van der Waals surface area (Å²) < 4.78 is 1.76. The van der Waals surface area contributed by atoms with Crippen molar-refractivity contribution in [1.82, 2.24) is 14.8 Å². The number of carbonyl (C=O) groups is 2. The number of nitrogens with zero attached hydrogens (tertiary/aromatic N) is 4. The number of rotatable bonds is 5. The number of aryl methyl sites for hydroxylation is 1. The number of anilines is 2. The summed E-state index contributed by atoms with van der Waals surface area (Å²) in [7, 11) is 1.83. The molecule has 3 aromatic rings. The molecular weight excluding hydrogens is 386 g/mol. The maximum Gasteiger partial charge on any atom is 0.258 e. The molecule has 0 saturated carbocycles. The first-order valence-electron chi connectivity index (χ1n) is 9.31. The molecule has 148 valence electrons. The number of benzene rings is 2. The maximum atomic E-state index is 13.2. The van der Waals surface area contributed by atoms with E-state index in [1.807, 2.05) is 37.1 Å². The summed E-state index contributed by atoms with van der Waals surface area (Å²) in [6.07, 6.45) is 2.43. The van der Waals surface area contributed by atoms with Crippen molar-refractivity contribution >= 4 is 35.0 Å². The van der Waals surface area contributed by atoms with Gasteiger partial charge in [-0.3, -0.25) is 9.59 Å². The van der Waals surface area contributed by atoms with E-state index in [4.69, 9.17) is 0 Å². The van der Waals surface area contributed by atoms with Gasteiger partial charge < -0.3 is 14.8 Å². The molecule has 2 heterocycles. The Morgan fingerprint density at radius 1 is 1.21 bits per heavy atom. The second-order valence-corrected chi connectivity index (χ2v) is 7.94. The molecule has 0 bridgehead atoms. The second-order valence-electron chi connectivity index (χ2n) is 7.00. The van der Waals surface area contributed by atoms with Gasteiger partial charge in [-0.15, -0.1) is 10.2 Å². The number of aromatic nitrogens is 3. The highest BCUT2D eigenvalue weighted by atomic mass is 32.2. The quantitative estimate of drug-likeness (QED) is 0.657. The Balaban J connectivity index is 1.45. The molecule has 2 aromatic carbocycles. The largest absolute Gasteiger partial charge is 0.325 e. The summed E-state index contributed by atoms with van der Waals surface area (Å²) >= 11 is 1.31. The van der Waals surface area contributed by atoms with Gasteiger partial charge in [0.1, 0.15) is 6.33 Å². The summed E-state index contributed by atoms with van der Waals surface area (Å²) in [6.45, 7) is 2.05. The predicted molar refractivity (Wildman–Crippen MR) is 113 cm³/mol. The molecule has 0 spiro atoms. The van der Waals surface area contributed by atoms with Crippen molar-refractivity contribution in [2.45, 2.75) is 24.5 Å². The molecule has 0 unspecified atom stereocenters. The predicted octanol–water partition coefficient (Wildman–Crippen LogP) is 3.14. The summed E-state index contributed by atoms with van der Waals surface area (Å²) in [6, 6.07) is 15.1. The Morgan fingerprint density at radius 2 is 2.03 bits per heavy atom. The highest BCUT2D eigenvalue weighted by molar-refractivity contribution is 7.99. The zero-order chi connectivity index (χ0) is 20.4. The van der Waals surface area contributed by atoms with Gasteiger partial charge in [0.15, 0.2) is 5.16 Å². The normalized spacial score (nSPS) is 15.2. The Labute approximate surface area is 173 Å². The Hall–Kier alpha value is -3.13. The molecule has 4 rings (SSSR count). The number of nitrogens with one attached hydrogen (secondary N) is 1. The number of para-hydroxylation sites is 1. The molecule has 8 heteroatoms. The fourth-order valence-corrected chi connectivity index (χ4v) is 4.16. The van der Waals surface area contributed by atoms with Gasteiger partial charge in [-0.05, 0) is 43.2 Å². The molecule has 1 atom stereocenters. The van der Waals surface area contributed by atoms with Crippen LogP contribution in [0.25, 0.3) is 0 Å². The number of thioether (sulfide) groups is 1. The van der Waals surface area contributed by atoms with Crippen molar-refractivity contribution < 1.29 is 9.59 Å². The van der Waals surface area contributed by atoms with Gasteiger partial charge in [-0.2, -0.15) is 0 Å². The van der Waals surface area contributed by atoms with Gasteiger partial charge in [0.2, 0.25) is 5.91 Å². The third-order valence-electron chi connectivity index (χ3n) is 4.82. The van der Waals surface area contributed by atoms with Gasteiger partial charge in [-0.25, -0.2) is 0 Å². The molecule has 2 amide bonds. The standard InChI is InChI=1S/C21H21N5O2S/c1-14-10-15-6-3-4-9-18(15)26(14)20(28)16-7-5-8-17(11-16)23-19(27)12-29-21-24-22-13-25(21)2/h3-9,11,13-14H,10,12H2,1-2H3,(H,23,27)/t14-/m0/s1. The molecule has 0 radical (unpaired) electrons. The van der Waals surface area contributed by atoms with E-state index < -0.39 is 0 Å². The average molecular weight is 407 g/mol. The Bertz CT molecular complexity index is 1060. The SMILES string of the molecule is C[C@H]1Cc2ccccc2N1C(=O)c1cccc(NC(=O)CSc2nncn2C)c1. The van der Waals surface area contributed by atoms with E-state index in [9.17, 15) is 9.59 Å². The number of hydrogen-bond donors (Lipinski definition) is 1. The minimum atomic E-state index is -0.164. The smallest absolute Gasteiger partial charge is 0.258 e. The third kappa shape index (κ3) is 4.02. The van der Waals surface area contributed by atoms with E-state index in [1.54, 1.807) is 35.2 Å². The van der Waals surface area contributed by atoms with Crippen LogP contribution >= 0.6 is 11.8 Å². The molecule has 0 fully saturated rings. The van der Waals surface area contributed by atoms with E-state index in [0.717, 1.165) is 12.1 Å². The third-order valence-corrected chi connectivity index (χ3v) is 5.86. The van der Waals surface area contributed by atoms with E-state index in [-0.39, 0.29) is 23.6 Å². The number of amides is 2. The van der Waals surface area contributed by atoms with Gasteiger partial charge >= 0.3 is 0 Å². The lowest BCUT2D eigenvalue weighted by atomic mass is 10.1. The lowest BCUT2D eigenvalue weighted by molar-refractivity contribution is -0.113. The van der Waals surface area contributed by atoms with E-state index >= 15 is 0 Å². The summed E-state index contributed by atoms with van der Waals surface area (Å²) in [5.41, 5.74) is 3.28. The van der Waals surface area contributed by atoms with E-state index in [1.165, 1.54) is 17.3 Å². The molecule has 7 nitrogen and oxygen atoms in total. The summed E-state index contributed by atoms with van der Waals surface area (Å²) in [5, 5.41) is 11.3. The molecule has 0 saturated heterocycles. The van der Waals surface area contributed by atoms with Crippen LogP contribution in [-0.2, 0) is 18.3 Å².